The van der Waals surface area contributed by atoms with E-state index >= 15 is 0 Å². The van der Waals surface area contributed by atoms with Crippen LogP contribution in [-0.2, 0) is 9.59 Å². The van der Waals surface area contributed by atoms with Crippen molar-refractivity contribution in [2.45, 2.75) is 26.1 Å². The highest BCUT2D eigenvalue weighted by molar-refractivity contribution is 5.91. The normalized spacial score (nSPS) is 39.2. The molecule has 1 saturated carbocycles. The maximum Gasteiger partial charge on any atom is 0.307 e. The molecule has 1 aliphatic carbocycles. The van der Waals surface area contributed by atoms with Gasteiger partial charge in [0, 0.05) is 13.1 Å². The van der Waals surface area contributed by atoms with E-state index in [0.29, 0.717) is 0 Å². The highest BCUT2D eigenvalue weighted by atomic mass is 16.4. The Morgan fingerprint density at radius 2 is 1.59 bits per heavy atom. The molecule has 0 aromatic rings. The quantitative estimate of drug-likeness (QED) is 0.572. The first-order chi connectivity index (χ1) is 7.76. The van der Waals surface area contributed by atoms with Crippen molar-refractivity contribution in [2.75, 3.05) is 13.1 Å². The number of β-amino-alcohol motifs (C(OH)–C–C–N with tert-alkyl or cyclic N) is 2. The Bertz CT molecular complexity index is 357. The molecule has 2 aliphatic rings. The van der Waals surface area contributed by atoms with Gasteiger partial charge in [0.1, 0.15) is 0 Å². The van der Waals surface area contributed by atoms with Gasteiger partial charge in [-0.05, 0) is 5.41 Å². The summed E-state index contributed by atoms with van der Waals surface area (Å²) in [6.45, 7) is 3.66. The van der Waals surface area contributed by atoms with Crippen LogP contribution in [0.5, 0.6) is 0 Å². The van der Waals surface area contributed by atoms with E-state index in [4.69, 9.17) is 5.11 Å². The number of likely N-dealkylation sites (tertiary alicyclic amines) is 1. The Morgan fingerprint density at radius 3 is 1.94 bits per heavy atom. The molecule has 0 radical (unpaired) electrons. The van der Waals surface area contributed by atoms with Gasteiger partial charge in [-0.1, -0.05) is 13.8 Å². The molecule has 1 amide bonds. The molecular weight excluding hydrogens is 226 g/mol. The lowest BCUT2D eigenvalue weighted by Crippen LogP contribution is -2.32. The Kier molecular flexibility index (Phi) is 2.67. The highest BCUT2D eigenvalue weighted by Gasteiger charge is 2.67. The van der Waals surface area contributed by atoms with Gasteiger partial charge in [-0.15, -0.1) is 0 Å². The fourth-order valence-electron chi connectivity index (χ4n) is 2.71. The number of amides is 1. The van der Waals surface area contributed by atoms with Gasteiger partial charge in [0.05, 0.1) is 24.0 Å². The van der Waals surface area contributed by atoms with E-state index in [1.54, 1.807) is 13.8 Å². The fourth-order valence-corrected chi connectivity index (χ4v) is 2.71. The Hall–Kier alpha value is -1.14. The minimum atomic E-state index is -0.964. The number of carboxylic acids is 1. The second kappa shape index (κ2) is 3.68. The van der Waals surface area contributed by atoms with Gasteiger partial charge in [0.2, 0.25) is 5.91 Å². The minimum absolute atomic E-state index is 0.0823. The molecule has 2 unspecified atom stereocenters. The minimum Gasteiger partial charge on any atom is -0.481 e. The average molecular weight is 243 g/mol. The summed E-state index contributed by atoms with van der Waals surface area (Å²) in [4.78, 5) is 24.4. The summed E-state index contributed by atoms with van der Waals surface area (Å²) in [5, 5.41) is 27.7. The summed E-state index contributed by atoms with van der Waals surface area (Å²) in [7, 11) is 0. The van der Waals surface area contributed by atoms with Crippen molar-refractivity contribution in [2.24, 2.45) is 17.3 Å². The number of carboxylic acid groups (broad SMARTS) is 1. The maximum absolute atomic E-state index is 12.1. The summed E-state index contributed by atoms with van der Waals surface area (Å²) < 4.78 is 0. The van der Waals surface area contributed by atoms with Crippen LogP contribution in [0, 0.1) is 17.3 Å². The predicted octanol–water partition coefficient (Wildman–Crippen LogP) is -1.09. The smallest absolute Gasteiger partial charge is 0.307 e. The van der Waals surface area contributed by atoms with E-state index in [2.05, 4.69) is 0 Å². The van der Waals surface area contributed by atoms with Crippen LogP contribution in [0.1, 0.15) is 13.8 Å². The summed E-state index contributed by atoms with van der Waals surface area (Å²) in [6, 6.07) is 0. The zero-order valence-electron chi connectivity index (χ0n) is 9.83. The van der Waals surface area contributed by atoms with Gasteiger partial charge in [-0.3, -0.25) is 9.59 Å². The number of rotatable bonds is 2. The third-order valence-corrected chi connectivity index (χ3v) is 3.93. The van der Waals surface area contributed by atoms with Crippen LogP contribution in [-0.4, -0.2) is 57.4 Å². The van der Waals surface area contributed by atoms with Crippen molar-refractivity contribution in [3.05, 3.63) is 0 Å². The van der Waals surface area contributed by atoms with E-state index in [-0.39, 0.29) is 19.0 Å². The van der Waals surface area contributed by atoms with Gasteiger partial charge in [-0.2, -0.15) is 0 Å². The lowest BCUT2D eigenvalue weighted by atomic mass is 10.1. The standard InChI is InChI=1S/C11H17NO5/c1-11(2)7(8(11)10(16)17)9(15)12-3-5(13)6(14)4-12/h5-8,13-14H,3-4H2,1-2H3,(H,16,17)/t5?,6?,7-,8+/m1/s1. The van der Waals surface area contributed by atoms with Crippen LogP contribution in [0.2, 0.25) is 0 Å². The number of hydrogen-bond acceptors (Lipinski definition) is 4. The van der Waals surface area contributed by atoms with Crippen molar-refractivity contribution < 1.29 is 24.9 Å². The fraction of sp³-hybridized carbons (Fsp3) is 0.818. The van der Waals surface area contributed by atoms with Crippen molar-refractivity contribution in [3.63, 3.8) is 0 Å². The number of aliphatic hydroxyl groups is 2. The van der Waals surface area contributed by atoms with Crippen molar-refractivity contribution >= 4 is 11.9 Å². The lowest BCUT2D eigenvalue weighted by Gasteiger charge is -2.16. The van der Waals surface area contributed by atoms with Gasteiger partial charge >= 0.3 is 5.97 Å². The van der Waals surface area contributed by atoms with Crippen molar-refractivity contribution in [1.82, 2.24) is 4.90 Å². The molecule has 0 aromatic heterocycles. The average Bonchev–Trinajstić information content (AvgIpc) is 2.63. The predicted molar refractivity (Wildman–Crippen MR) is 57.0 cm³/mol. The number of nitrogens with zero attached hydrogens (tertiary/aromatic N) is 1. The molecule has 1 aliphatic heterocycles. The Morgan fingerprint density at radius 1 is 1.12 bits per heavy atom. The molecular formula is C11H17NO5. The van der Waals surface area contributed by atoms with Gasteiger partial charge in [0.15, 0.2) is 0 Å². The first-order valence-electron chi connectivity index (χ1n) is 5.64. The zero-order chi connectivity index (χ0) is 13.0. The van der Waals surface area contributed by atoms with E-state index in [9.17, 15) is 19.8 Å². The molecule has 17 heavy (non-hydrogen) atoms. The Balaban J connectivity index is 2.06. The largest absolute Gasteiger partial charge is 0.481 e. The SMILES string of the molecule is CC1(C)[C@H](C(=O)O)[C@@H]1C(=O)N1CC(O)C(O)C1. The summed E-state index contributed by atoms with van der Waals surface area (Å²) >= 11 is 0. The lowest BCUT2D eigenvalue weighted by molar-refractivity contribution is -0.141. The molecule has 0 aromatic carbocycles. The molecule has 4 atom stereocenters. The molecule has 1 saturated heterocycles. The monoisotopic (exact) mass is 243 g/mol. The van der Waals surface area contributed by atoms with Crippen LogP contribution in [0.3, 0.4) is 0 Å². The van der Waals surface area contributed by atoms with Crippen molar-refractivity contribution in [1.29, 1.82) is 0 Å². The number of hydrogen-bond donors (Lipinski definition) is 3. The maximum atomic E-state index is 12.1. The van der Waals surface area contributed by atoms with Gasteiger partial charge in [-0.25, -0.2) is 0 Å². The molecule has 6 nitrogen and oxygen atoms in total. The number of carbonyl (C=O) groups is 2. The van der Waals surface area contributed by atoms with E-state index in [0.717, 1.165) is 0 Å². The van der Waals surface area contributed by atoms with Crippen LogP contribution in [0.25, 0.3) is 0 Å². The van der Waals surface area contributed by atoms with E-state index in [1.807, 2.05) is 0 Å². The number of aliphatic carboxylic acids is 1. The second-order valence-electron chi connectivity index (χ2n) is 5.49. The second-order valence-corrected chi connectivity index (χ2v) is 5.49. The summed E-state index contributed by atoms with van der Waals surface area (Å²) in [6.07, 6.45) is -1.85. The molecule has 6 heteroatoms. The third-order valence-electron chi connectivity index (χ3n) is 3.93. The van der Waals surface area contributed by atoms with E-state index in [1.165, 1.54) is 4.90 Å². The molecule has 3 N–H and O–H groups in total. The molecule has 2 rings (SSSR count). The van der Waals surface area contributed by atoms with Gasteiger partial charge in [0.25, 0.3) is 0 Å². The molecule has 1 heterocycles. The summed E-state index contributed by atoms with van der Waals surface area (Å²) in [5.74, 6) is -2.45. The highest BCUT2D eigenvalue weighted by Crippen LogP contribution is 2.59. The summed E-state index contributed by atoms with van der Waals surface area (Å²) in [5.41, 5.74) is -0.540. The zero-order valence-corrected chi connectivity index (χ0v) is 9.83. The molecule has 0 bridgehead atoms. The van der Waals surface area contributed by atoms with E-state index < -0.39 is 35.4 Å². The first-order valence-corrected chi connectivity index (χ1v) is 5.64. The van der Waals surface area contributed by atoms with Crippen LogP contribution >= 0.6 is 0 Å². The van der Waals surface area contributed by atoms with Crippen molar-refractivity contribution in [3.8, 4) is 0 Å². The third kappa shape index (κ3) is 1.81. The van der Waals surface area contributed by atoms with Crippen LogP contribution in [0.15, 0.2) is 0 Å². The number of aliphatic hydroxyl groups excluding tert-OH is 2. The van der Waals surface area contributed by atoms with Crippen LogP contribution < -0.4 is 0 Å². The number of carbonyl (C=O) groups excluding carboxylic acids is 1. The van der Waals surface area contributed by atoms with Crippen LogP contribution in [0.4, 0.5) is 0 Å². The first kappa shape index (κ1) is 12.3. The topological polar surface area (TPSA) is 98.1 Å². The molecule has 0 spiro atoms. The Labute approximate surface area is 98.8 Å². The molecule has 96 valence electrons. The van der Waals surface area contributed by atoms with Gasteiger partial charge < -0.3 is 20.2 Å². The molecule has 2 fully saturated rings.